The SMILES string of the molecule is CCC(C#N)NCCN=[N+]=[N-]. The molecule has 0 heterocycles. The lowest BCUT2D eigenvalue weighted by molar-refractivity contribution is 0.593. The minimum absolute atomic E-state index is 0.121. The molecule has 0 aliphatic carbocycles. The van der Waals surface area contributed by atoms with Crippen LogP contribution in [0.4, 0.5) is 0 Å². The van der Waals surface area contributed by atoms with Crippen molar-refractivity contribution in [2.45, 2.75) is 19.4 Å². The molecule has 5 heteroatoms. The minimum Gasteiger partial charge on any atom is -0.302 e. The zero-order valence-electron chi connectivity index (χ0n) is 6.49. The van der Waals surface area contributed by atoms with Crippen LogP contribution in [-0.4, -0.2) is 19.1 Å². The third-order valence-corrected chi connectivity index (χ3v) is 1.23. The molecule has 5 nitrogen and oxygen atoms in total. The van der Waals surface area contributed by atoms with E-state index in [0.29, 0.717) is 13.1 Å². The lowest BCUT2D eigenvalue weighted by atomic mass is 10.2. The molecule has 0 fully saturated rings. The summed E-state index contributed by atoms with van der Waals surface area (Å²) in [6, 6.07) is 1.96. The standard InChI is InChI=1S/C6H11N5/c1-2-6(5-7)9-3-4-10-11-8/h6,9H,2-4H2,1H3. The van der Waals surface area contributed by atoms with Gasteiger partial charge in [-0.25, -0.2) is 0 Å². The van der Waals surface area contributed by atoms with Crippen LogP contribution in [-0.2, 0) is 0 Å². The quantitative estimate of drug-likeness (QED) is 0.278. The number of hydrogen-bond donors (Lipinski definition) is 1. The Balaban J connectivity index is 3.37. The molecule has 1 N–H and O–H groups in total. The molecule has 60 valence electrons. The van der Waals surface area contributed by atoms with E-state index in [1.807, 2.05) is 6.92 Å². The molecule has 0 aromatic rings. The fourth-order valence-electron chi connectivity index (χ4n) is 0.615. The molecule has 0 saturated heterocycles. The molecular weight excluding hydrogens is 142 g/mol. The van der Waals surface area contributed by atoms with Crippen LogP contribution in [0.3, 0.4) is 0 Å². The summed E-state index contributed by atoms with van der Waals surface area (Å²) in [5, 5.41) is 14.7. The van der Waals surface area contributed by atoms with Crippen LogP contribution in [0.2, 0.25) is 0 Å². The highest BCUT2D eigenvalue weighted by molar-refractivity contribution is 4.88. The molecule has 11 heavy (non-hydrogen) atoms. The van der Waals surface area contributed by atoms with E-state index in [4.69, 9.17) is 10.8 Å². The number of nitrogens with one attached hydrogen (secondary N) is 1. The van der Waals surface area contributed by atoms with Gasteiger partial charge >= 0.3 is 0 Å². The predicted molar refractivity (Wildman–Crippen MR) is 41.7 cm³/mol. The largest absolute Gasteiger partial charge is 0.302 e. The Kier molecular flexibility index (Phi) is 6.10. The molecule has 0 spiro atoms. The highest BCUT2D eigenvalue weighted by Crippen LogP contribution is 1.86. The summed E-state index contributed by atoms with van der Waals surface area (Å²) in [6.45, 7) is 2.89. The van der Waals surface area contributed by atoms with Gasteiger partial charge in [0.15, 0.2) is 0 Å². The monoisotopic (exact) mass is 153 g/mol. The van der Waals surface area contributed by atoms with Crippen molar-refractivity contribution in [3.63, 3.8) is 0 Å². The number of hydrogen-bond acceptors (Lipinski definition) is 3. The van der Waals surface area contributed by atoms with Crippen molar-refractivity contribution in [1.82, 2.24) is 5.32 Å². The van der Waals surface area contributed by atoms with E-state index in [1.54, 1.807) is 0 Å². The van der Waals surface area contributed by atoms with Gasteiger partial charge < -0.3 is 5.32 Å². The summed E-state index contributed by atoms with van der Waals surface area (Å²) >= 11 is 0. The maximum Gasteiger partial charge on any atom is 0.0950 e. The van der Waals surface area contributed by atoms with Crippen LogP contribution in [0.15, 0.2) is 5.11 Å². The van der Waals surface area contributed by atoms with Crippen molar-refractivity contribution < 1.29 is 0 Å². The maximum absolute atomic E-state index is 8.47. The van der Waals surface area contributed by atoms with E-state index in [9.17, 15) is 0 Å². The topological polar surface area (TPSA) is 84.6 Å². The first-order valence-corrected chi connectivity index (χ1v) is 3.49. The first-order valence-electron chi connectivity index (χ1n) is 3.49. The lowest BCUT2D eigenvalue weighted by Gasteiger charge is -2.05. The smallest absolute Gasteiger partial charge is 0.0950 e. The Labute approximate surface area is 65.6 Å². The summed E-state index contributed by atoms with van der Waals surface area (Å²) < 4.78 is 0. The van der Waals surface area contributed by atoms with Crippen molar-refractivity contribution in [2.24, 2.45) is 5.11 Å². The average molecular weight is 153 g/mol. The van der Waals surface area contributed by atoms with Crippen LogP contribution in [0.1, 0.15) is 13.3 Å². The van der Waals surface area contributed by atoms with Crippen LogP contribution in [0, 0.1) is 11.3 Å². The van der Waals surface area contributed by atoms with Crippen molar-refractivity contribution in [3.05, 3.63) is 10.4 Å². The van der Waals surface area contributed by atoms with Gasteiger partial charge in [0.2, 0.25) is 0 Å². The van der Waals surface area contributed by atoms with E-state index < -0.39 is 0 Å². The normalized spacial score (nSPS) is 11.3. The van der Waals surface area contributed by atoms with Crippen LogP contribution < -0.4 is 5.32 Å². The van der Waals surface area contributed by atoms with E-state index >= 15 is 0 Å². The van der Waals surface area contributed by atoms with Gasteiger partial charge in [-0.2, -0.15) is 5.26 Å². The van der Waals surface area contributed by atoms with Crippen LogP contribution in [0.5, 0.6) is 0 Å². The predicted octanol–water partition coefficient (Wildman–Crippen LogP) is 1.19. The summed E-state index contributed by atoms with van der Waals surface area (Å²) in [6.07, 6.45) is 0.771. The second kappa shape index (κ2) is 6.87. The van der Waals surface area contributed by atoms with Crippen molar-refractivity contribution >= 4 is 0 Å². The van der Waals surface area contributed by atoms with E-state index in [2.05, 4.69) is 21.4 Å². The third-order valence-electron chi connectivity index (χ3n) is 1.23. The van der Waals surface area contributed by atoms with Crippen molar-refractivity contribution in [2.75, 3.05) is 13.1 Å². The van der Waals surface area contributed by atoms with Crippen molar-refractivity contribution in [3.8, 4) is 6.07 Å². The second-order valence-electron chi connectivity index (χ2n) is 2.00. The molecule has 0 aliphatic rings. The number of nitrogens with zero attached hydrogens (tertiary/aromatic N) is 4. The van der Waals surface area contributed by atoms with Gasteiger partial charge in [-0.15, -0.1) is 0 Å². The summed E-state index contributed by atoms with van der Waals surface area (Å²) in [5.41, 5.74) is 7.91. The molecule has 0 radical (unpaired) electrons. The van der Waals surface area contributed by atoms with Gasteiger partial charge in [0.25, 0.3) is 0 Å². The number of nitriles is 1. The van der Waals surface area contributed by atoms with E-state index in [1.165, 1.54) is 0 Å². The molecule has 1 unspecified atom stereocenters. The van der Waals surface area contributed by atoms with Gasteiger partial charge in [-0.3, -0.25) is 0 Å². The molecule has 0 rings (SSSR count). The molecule has 1 atom stereocenters. The maximum atomic E-state index is 8.47. The number of rotatable bonds is 5. The average Bonchev–Trinajstić information content (AvgIpc) is 2.05. The second-order valence-corrected chi connectivity index (χ2v) is 2.00. The van der Waals surface area contributed by atoms with Gasteiger partial charge in [-0.05, 0) is 12.0 Å². The Bertz CT molecular complexity index is 176. The van der Waals surface area contributed by atoms with Crippen molar-refractivity contribution in [1.29, 1.82) is 5.26 Å². The van der Waals surface area contributed by atoms with E-state index in [-0.39, 0.29) is 6.04 Å². The van der Waals surface area contributed by atoms with Crippen LogP contribution in [0.25, 0.3) is 10.4 Å². The zero-order chi connectivity index (χ0) is 8.53. The third kappa shape index (κ3) is 5.22. The Morgan fingerprint density at radius 1 is 1.82 bits per heavy atom. The number of azide groups is 1. The van der Waals surface area contributed by atoms with E-state index in [0.717, 1.165) is 6.42 Å². The summed E-state index contributed by atoms with van der Waals surface area (Å²) in [7, 11) is 0. The Hall–Kier alpha value is -1.24. The fraction of sp³-hybridized carbons (Fsp3) is 0.833. The first kappa shape index (κ1) is 9.76. The first-order chi connectivity index (χ1) is 5.35. The molecule has 0 bridgehead atoms. The molecule has 0 aromatic carbocycles. The van der Waals surface area contributed by atoms with Gasteiger partial charge in [-0.1, -0.05) is 12.0 Å². The van der Waals surface area contributed by atoms with Gasteiger partial charge in [0.05, 0.1) is 12.1 Å². The highest BCUT2D eigenvalue weighted by Gasteiger charge is 1.99. The van der Waals surface area contributed by atoms with Gasteiger partial charge in [0, 0.05) is 18.0 Å². The van der Waals surface area contributed by atoms with Gasteiger partial charge in [0.1, 0.15) is 0 Å². The molecule has 0 aromatic heterocycles. The minimum atomic E-state index is -0.121. The molecule has 0 saturated carbocycles. The summed E-state index contributed by atoms with van der Waals surface area (Å²) in [4.78, 5) is 2.59. The fourth-order valence-corrected chi connectivity index (χ4v) is 0.615. The molecule has 0 aliphatic heterocycles. The molecule has 0 amide bonds. The van der Waals surface area contributed by atoms with Crippen LogP contribution >= 0.6 is 0 Å². The zero-order valence-corrected chi connectivity index (χ0v) is 6.49. The Morgan fingerprint density at radius 3 is 3.00 bits per heavy atom. The molecular formula is C6H11N5. The Morgan fingerprint density at radius 2 is 2.55 bits per heavy atom. The summed E-state index contributed by atoms with van der Waals surface area (Å²) in [5.74, 6) is 0. The lowest BCUT2D eigenvalue weighted by Crippen LogP contribution is -2.28. The highest BCUT2D eigenvalue weighted by atomic mass is 15.1.